The molecule has 2 aliphatic rings. The highest BCUT2D eigenvalue weighted by atomic mass is 16.5. The van der Waals surface area contributed by atoms with Gasteiger partial charge in [-0.3, -0.25) is 9.69 Å². The maximum Gasteiger partial charge on any atom is 0.314 e. The zero-order valence-electron chi connectivity index (χ0n) is 17.8. The number of esters is 1. The van der Waals surface area contributed by atoms with Crippen molar-refractivity contribution in [2.75, 3.05) is 44.8 Å². The van der Waals surface area contributed by atoms with Crippen molar-refractivity contribution < 1.29 is 14.3 Å². The SMILES string of the molecule is CCOC(=O)[C@@]12CCCN(Cc3ccc(OC)cc3)C[C@@H]1CN(c1ncccn1)C2. The van der Waals surface area contributed by atoms with E-state index in [4.69, 9.17) is 9.47 Å². The Labute approximate surface area is 178 Å². The molecular formula is C23H30N4O3. The molecule has 0 unspecified atom stereocenters. The molecule has 0 aliphatic carbocycles. The van der Waals surface area contributed by atoms with Gasteiger partial charge in [-0.05, 0) is 50.1 Å². The lowest BCUT2D eigenvalue weighted by atomic mass is 9.75. The summed E-state index contributed by atoms with van der Waals surface area (Å²) in [5, 5.41) is 0. The van der Waals surface area contributed by atoms with Crippen LogP contribution in [-0.2, 0) is 16.1 Å². The molecule has 2 fully saturated rings. The molecule has 4 rings (SSSR count). The Kier molecular flexibility index (Phi) is 6.18. The summed E-state index contributed by atoms with van der Waals surface area (Å²) in [6.45, 7) is 6.37. The van der Waals surface area contributed by atoms with E-state index in [1.807, 2.05) is 25.1 Å². The normalized spacial score (nSPS) is 24.2. The molecule has 30 heavy (non-hydrogen) atoms. The van der Waals surface area contributed by atoms with E-state index in [-0.39, 0.29) is 11.9 Å². The second-order valence-corrected chi connectivity index (χ2v) is 8.19. The average molecular weight is 411 g/mol. The van der Waals surface area contributed by atoms with Crippen molar-refractivity contribution in [3.63, 3.8) is 0 Å². The zero-order valence-corrected chi connectivity index (χ0v) is 17.8. The van der Waals surface area contributed by atoms with Gasteiger partial charge in [0.15, 0.2) is 0 Å². The first kappa shape index (κ1) is 20.6. The monoisotopic (exact) mass is 410 g/mol. The predicted molar refractivity (Wildman–Crippen MR) is 114 cm³/mol. The fourth-order valence-electron chi connectivity index (χ4n) is 4.86. The smallest absolute Gasteiger partial charge is 0.314 e. The molecule has 2 aromatic rings. The van der Waals surface area contributed by atoms with Gasteiger partial charge in [0.1, 0.15) is 5.75 Å². The van der Waals surface area contributed by atoms with Gasteiger partial charge in [0.2, 0.25) is 5.95 Å². The second-order valence-electron chi connectivity index (χ2n) is 8.19. The van der Waals surface area contributed by atoms with Crippen LogP contribution in [0.25, 0.3) is 0 Å². The van der Waals surface area contributed by atoms with E-state index in [0.717, 1.165) is 44.8 Å². The van der Waals surface area contributed by atoms with Crippen molar-refractivity contribution in [2.45, 2.75) is 26.3 Å². The van der Waals surface area contributed by atoms with Crippen molar-refractivity contribution in [2.24, 2.45) is 11.3 Å². The molecular weight excluding hydrogens is 380 g/mol. The zero-order chi connectivity index (χ0) is 21.0. The molecule has 7 heteroatoms. The molecule has 0 spiro atoms. The third-order valence-electron chi connectivity index (χ3n) is 6.35. The topological polar surface area (TPSA) is 67.8 Å². The molecule has 3 heterocycles. The lowest BCUT2D eigenvalue weighted by molar-refractivity contribution is -0.157. The first-order valence-corrected chi connectivity index (χ1v) is 10.7. The molecule has 2 aliphatic heterocycles. The number of carbonyl (C=O) groups excluding carboxylic acids is 1. The number of aromatic nitrogens is 2. The van der Waals surface area contributed by atoms with Crippen molar-refractivity contribution in [1.82, 2.24) is 14.9 Å². The van der Waals surface area contributed by atoms with Gasteiger partial charge < -0.3 is 14.4 Å². The van der Waals surface area contributed by atoms with E-state index in [1.54, 1.807) is 19.5 Å². The fraction of sp³-hybridized carbons (Fsp3) is 0.522. The number of hydrogen-bond acceptors (Lipinski definition) is 7. The Hall–Kier alpha value is -2.67. The number of likely N-dealkylation sites (tertiary alicyclic amines) is 1. The van der Waals surface area contributed by atoms with Gasteiger partial charge in [-0.15, -0.1) is 0 Å². The highest BCUT2D eigenvalue weighted by molar-refractivity contribution is 5.79. The Balaban J connectivity index is 1.55. The van der Waals surface area contributed by atoms with Gasteiger partial charge in [0, 0.05) is 44.5 Å². The number of hydrogen-bond donors (Lipinski definition) is 0. The van der Waals surface area contributed by atoms with Crippen LogP contribution in [-0.4, -0.2) is 60.7 Å². The Morgan fingerprint density at radius 3 is 2.67 bits per heavy atom. The van der Waals surface area contributed by atoms with Crippen LogP contribution in [0.1, 0.15) is 25.3 Å². The van der Waals surface area contributed by atoms with Crippen LogP contribution >= 0.6 is 0 Å². The summed E-state index contributed by atoms with van der Waals surface area (Å²) in [6.07, 6.45) is 5.31. The lowest BCUT2D eigenvalue weighted by Crippen LogP contribution is -2.42. The minimum atomic E-state index is -0.496. The number of anilines is 1. The molecule has 7 nitrogen and oxygen atoms in total. The summed E-state index contributed by atoms with van der Waals surface area (Å²) in [6, 6.07) is 10.0. The first-order chi connectivity index (χ1) is 14.6. The molecule has 2 atom stereocenters. The molecule has 1 aromatic carbocycles. The van der Waals surface area contributed by atoms with Crippen molar-refractivity contribution in [3.8, 4) is 5.75 Å². The Morgan fingerprint density at radius 1 is 1.20 bits per heavy atom. The summed E-state index contributed by atoms with van der Waals surface area (Å²) in [4.78, 5) is 26.6. The molecule has 1 aromatic heterocycles. The highest BCUT2D eigenvalue weighted by Crippen LogP contribution is 2.44. The highest BCUT2D eigenvalue weighted by Gasteiger charge is 2.54. The van der Waals surface area contributed by atoms with E-state index in [0.29, 0.717) is 19.1 Å². The third kappa shape index (κ3) is 4.12. The maximum absolute atomic E-state index is 13.1. The molecule has 0 N–H and O–H groups in total. The lowest BCUT2D eigenvalue weighted by Gasteiger charge is -2.31. The van der Waals surface area contributed by atoms with Gasteiger partial charge in [0.25, 0.3) is 0 Å². The number of methoxy groups -OCH3 is 1. The standard InChI is InChI=1S/C23H30N4O3/c1-3-30-21(28)23-10-4-13-26(14-18-6-8-20(29-2)9-7-18)15-19(23)16-27(17-23)22-24-11-5-12-25-22/h5-9,11-12,19H,3-4,10,13-17H2,1-2H3/t19-,23-/m1/s1. The van der Waals surface area contributed by atoms with Crippen LogP contribution in [0.2, 0.25) is 0 Å². The second kappa shape index (κ2) is 9.00. The van der Waals surface area contributed by atoms with E-state index in [2.05, 4.69) is 31.9 Å². The third-order valence-corrected chi connectivity index (χ3v) is 6.35. The molecule has 0 bridgehead atoms. The minimum absolute atomic E-state index is 0.0697. The Bertz CT molecular complexity index is 845. The molecule has 160 valence electrons. The molecule has 0 amide bonds. The van der Waals surface area contributed by atoms with Crippen LogP contribution in [0.15, 0.2) is 42.7 Å². The summed E-state index contributed by atoms with van der Waals surface area (Å²) in [7, 11) is 1.68. The average Bonchev–Trinajstić information content (AvgIpc) is 3.05. The number of nitrogens with zero attached hydrogens (tertiary/aromatic N) is 4. The first-order valence-electron chi connectivity index (χ1n) is 10.7. The summed E-state index contributed by atoms with van der Waals surface area (Å²) in [5.41, 5.74) is 0.754. The van der Waals surface area contributed by atoms with Crippen LogP contribution in [0.4, 0.5) is 5.95 Å². The molecule has 0 saturated carbocycles. The number of fused-ring (bicyclic) bond motifs is 1. The molecule has 2 saturated heterocycles. The van der Waals surface area contributed by atoms with E-state index in [1.165, 1.54) is 5.56 Å². The van der Waals surface area contributed by atoms with E-state index < -0.39 is 5.41 Å². The van der Waals surface area contributed by atoms with E-state index in [9.17, 15) is 4.79 Å². The number of carbonyl (C=O) groups is 1. The van der Waals surface area contributed by atoms with Crippen molar-refractivity contribution in [3.05, 3.63) is 48.3 Å². The van der Waals surface area contributed by atoms with E-state index >= 15 is 0 Å². The van der Waals surface area contributed by atoms with Crippen molar-refractivity contribution >= 4 is 11.9 Å². The number of ether oxygens (including phenoxy) is 2. The van der Waals surface area contributed by atoms with Crippen molar-refractivity contribution in [1.29, 1.82) is 0 Å². The van der Waals surface area contributed by atoms with Crippen LogP contribution < -0.4 is 9.64 Å². The van der Waals surface area contributed by atoms with Crippen LogP contribution in [0, 0.1) is 11.3 Å². The minimum Gasteiger partial charge on any atom is -0.497 e. The fourth-order valence-corrected chi connectivity index (χ4v) is 4.86. The summed E-state index contributed by atoms with van der Waals surface area (Å²) < 4.78 is 10.8. The molecule has 0 radical (unpaired) electrons. The largest absolute Gasteiger partial charge is 0.497 e. The van der Waals surface area contributed by atoms with Gasteiger partial charge in [-0.2, -0.15) is 0 Å². The predicted octanol–water partition coefficient (Wildman–Crippen LogP) is 2.77. The number of benzene rings is 1. The number of rotatable bonds is 6. The maximum atomic E-state index is 13.1. The van der Waals surface area contributed by atoms with Crippen LogP contribution in [0.5, 0.6) is 5.75 Å². The van der Waals surface area contributed by atoms with Gasteiger partial charge in [0.05, 0.1) is 19.1 Å². The van der Waals surface area contributed by atoms with Gasteiger partial charge >= 0.3 is 5.97 Å². The van der Waals surface area contributed by atoms with Crippen LogP contribution in [0.3, 0.4) is 0 Å². The summed E-state index contributed by atoms with van der Waals surface area (Å²) in [5.74, 6) is 1.67. The summed E-state index contributed by atoms with van der Waals surface area (Å²) >= 11 is 0. The van der Waals surface area contributed by atoms with Gasteiger partial charge in [-0.25, -0.2) is 9.97 Å². The quantitative estimate of drug-likeness (QED) is 0.679. The van der Waals surface area contributed by atoms with Gasteiger partial charge in [-0.1, -0.05) is 12.1 Å². The Morgan fingerprint density at radius 2 is 1.97 bits per heavy atom.